The third kappa shape index (κ3) is 3.76. The molecule has 0 spiro atoms. The highest BCUT2D eigenvalue weighted by atomic mass is 32.2. The molecule has 4 rings (SSSR count). The van der Waals surface area contributed by atoms with E-state index in [2.05, 4.69) is 4.72 Å². The van der Waals surface area contributed by atoms with E-state index in [0.717, 1.165) is 10.8 Å². The van der Waals surface area contributed by atoms with Gasteiger partial charge in [-0.2, -0.15) is 0 Å². The van der Waals surface area contributed by atoms with Gasteiger partial charge in [-0.3, -0.25) is 4.79 Å². The SMILES string of the molecule is O=C(c1cc2ccccc2cc1O)N1CCC(NS(=O)(=O)c2cccs2)CC1. The fourth-order valence-corrected chi connectivity index (χ4v) is 5.78. The highest BCUT2D eigenvalue weighted by molar-refractivity contribution is 7.91. The zero-order valence-electron chi connectivity index (χ0n) is 15.0. The van der Waals surface area contributed by atoms with Crippen molar-refractivity contribution in [1.82, 2.24) is 9.62 Å². The number of likely N-dealkylation sites (tertiary alicyclic amines) is 1. The molecule has 3 aromatic rings. The number of fused-ring (bicyclic) bond motifs is 1. The molecule has 0 saturated carbocycles. The Morgan fingerprint density at radius 1 is 1.07 bits per heavy atom. The monoisotopic (exact) mass is 416 g/mol. The number of nitrogens with one attached hydrogen (secondary N) is 1. The van der Waals surface area contributed by atoms with E-state index in [1.165, 1.54) is 11.3 Å². The Bertz CT molecular complexity index is 1100. The molecule has 28 heavy (non-hydrogen) atoms. The van der Waals surface area contributed by atoms with Gasteiger partial charge in [-0.25, -0.2) is 13.1 Å². The Labute approximate surface area is 167 Å². The van der Waals surface area contributed by atoms with Crippen molar-refractivity contribution < 1.29 is 18.3 Å². The molecule has 0 atom stereocenters. The number of nitrogens with zero attached hydrogens (tertiary/aromatic N) is 1. The molecule has 1 aliphatic heterocycles. The van der Waals surface area contributed by atoms with Gasteiger partial charge in [-0.15, -0.1) is 11.3 Å². The summed E-state index contributed by atoms with van der Waals surface area (Å²) in [7, 11) is -3.51. The molecule has 0 bridgehead atoms. The second-order valence-corrected chi connectivity index (χ2v) is 9.72. The molecular formula is C20H20N2O4S2. The molecule has 1 aromatic heterocycles. The number of phenolic OH excluding ortho intramolecular Hbond substituents is 1. The molecule has 2 aromatic carbocycles. The number of hydrogen-bond donors (Lipinski definition) is 2. The normalized spacial score (nSPS) is 15.8. The summed E-state index contributed by atoms with van der Waals surface area (Å²) in [6.07, 6.45) is 1.06. The van der Waals surface area contributed by atoms with Gasteiger partial charge in [-0.1, -0.05) is 30.3 Å². The van der Waals surface area contributed by atoms with Crippen molar-refractivity contribution in [3.05, 3.63) is 59.5 Å². The van der Waals surface area contributed by atoms with Crippen molar-refractivity contribution in [1.29, 1.82) is 0 Å². The Kier molecular flexibility index (Phi) is 5.09. The number of piperidine rings is 1. The molecule has 2 N–H and O–H groups in total. The van der Waals surface area contributed by atoms with Gasteiger partial charge in [0, 0.05) is 19.1 Å². The third-order valence-electron chi connectivity index (χ3n) is 4.96. The van der Waals surface area contributed by atoms with Crippen molar-refractivity contribution in [2.45, 2.75) is 23.1 Å². The summed E-state index contributed by atoms with van der Waals surface area (Å²) in [5, 5.41) is 13.8. The van der Waals surface area contributed by atoms with E-state index in [-0.39, 0.29) is 23.3 Å². The summed E-state index contributed by atoms with van der Waals surface area (Å²) in [6.45, 7) is 0.867. The molecule has 2 heterocycles. The first-order valence-electron chi connectivity index (χ1n) is 9.01. The lowest BCUT2D eigenvalue weighted by Crippen LogP contribution is -2.46. The van der Waals surface area contributed by atoms with Gasteiger partial charge in [0.25, 0.3) is 5.91 Å². The number of phenols is 1. The number of sulfonamides is 1. The number of thiophene rings is 1. The number of carbonyl (C=O) groups excluding carboxylic acids is 1. The van der Waals surface area contributed by atoms with E-state index >= 15 is 0 Å². The minimum atomic E-state index is -3.51. The van der Waals surface area contributed by atoms with Crippen LogP contribution in [0.5, 0.6) is 5.75 Å². The molecule has 146 valence electrons. The van der Waals surface area contributed by atoms with Crippen LogP contribution in [0.1, 0.15) is 23.2 Å². The first-order valence-corrected chi connectivity index (χ1v) is 11.4. The number of rotatable bonds is 4. The van der Waals surface area contributed by atoms with Crippen molar-refractivity contribution in [3.8, 4) is 5.75 Å². The number of aromatic hydroxyl groups is 1. The lowest BCUT2D eigenvalue weighted by atomic mass is 10.0. The Morgan fingerprint density at radius 3 is 2.39 bits per heavy atom. The van der Waals surface area contributed by atoms with Crippen LogP contribution < -0.4 is 4.72 Å². The predicted molar refractivity (Wildman–Crippen MR) is 109 cm³/mol. The van der Waals surface area contributed by atoms with Crippen molar-refractivity contribution in [3.63, 3.8) is 0 Å². The van der Waals surface area contributed by atoms with Gasteiger partial charge in [0.1, 0.15) is 9.96 Å². The number of carbonyl (C=O) groups is 1. The van der Waals surface area contributed by atoms with Crippen LogP contribution in [0.3, 0.4) is 0 Å². The van der Waals surface area contributed by atoms with Crippen molar-refractivity contribution in [2.24, 2.45) is 0 Å². The van der Waals surface area contributed by atoms with Gasteiger partial charge in [0.05, 0.1) is 5.56 Å². The van der Waals surface area contributed by atoms with Gasteiger partial charge in [0.2, 0.25) is 10.0 Å². The largest absolute Gasteiger partial charge is 0.507 e. The standard InChI is InChI=1S/C20H20N2O4S2/c23-18-13-15-5-2-1-4-14(15)12-17(18)20(24)22-9-7-16(8-10-22)21-28(25,26)19-6-3-11-27-19/h1-6,11-13,16,21,23H,7-10H2. The van der Waals surface area contributed by atoms with Crippen LogP contribution in [-0.2, 0) is 10.0 Å². The number of hydrogen-bond acceptors (Lipinski definition) is 5. The van der Waals surface area contributed by atoms with E-state index in [1.54, 1.807) is 34.5 Å². The average Bonchev–Trinajstić information content (AvgIpc) is 3.23. The fraction of sp³-hybridized carbons (Fsp3) is 0.250. The molecular weight excluding hydrogens is 396 g/mol. The number of amides is 1. The Hall–Kier alpha value is -2.42. The first kappa shape index (κ1) is 18.9. The minimum absolute atomic E-state index is 0.0378. The smallest absolute Gasteiger partial charge is 0.257 e. The zero-order chi connectivity index (χ0) is 19.7. The average molecular weight is 417 g/mol. The zero-order valence-corrected chi connectivity index (χ0v) is 16.7. The van der Waals surface area contributed by atoms with E-state index in [0.29, 0.717) is 30.1 Å². The molecule has 1 saturated heterocycles. The maximum atomic E-state index is 12.9. The maximum absolute atomic E-state index is 12.9. The molecule has 1 fully saturated rings. The van der Waals surface area contributed by atoms with Crippen LogP contribution >= 0.6 is 11.3 Å². The Balaban J connectivity index is 1.44. The summed E-state index contributed by atoms with van der Waals surface area (Å²) < 4.78 is 27.7. The van der Waals surface area contributed by atoms with Crippen LogP contribution in [0.2, 0.25) is 0 Å². The molecule has 0 aliphatic carbocycles. The first-order chi connectivity index (χ1) is 13.4. The Morgan fingerprint density at radius 2 is 1.75 bits per heavy atom. The van der Waals surface area contributed by atoms with Crippen LogP contribution in [0.15, 0.2) is 58.1 Å². The van der Waals surface area contributed by atoms with E-state index in [9.17, 15) is 18.3 Å². The molecule has 1 aliphatic rings. The highest BCUT2D eigenvalue weighted by Gasteiger charge is 2.28. The topological polar surface area (TPSA) is 86.7 Å². The number of benzene rings is 2. The van der Waals surface area contributed by atoms with Crippen LogP contribution in [0.4, 0.5) is 0 Å². The summed E-state index contributed by atoms with van der Waals surface area (Å²) in [6, 6.07) is 13.9. The van der Waals surface area contributed by atoms with Crippen LogP contribution in [-0.4, -0.2) is 43.5 Å². The quantitative estimate of drug-likeness (QED) is 0.684. The van der Waals surface area contributed by atoms with Gasteiger partial charge < -0.3 is 10.0 Å². The molecule has 0 radical (unpaired) electrons. The lowest BCUT2D eigenvalue weighted by molar-refractivity contribution is 0.0708. The third-order valence-corrected chi connectivity index (χ3v) is 7.88. The lowest BCUT2D eigenvalue weighted by Gasteiger charge is -2.32. The van der Waals surface area contributed by atoms with Gasteiger partial charge >= 0.3 is 0 Å². The summed E-state index contributed by atoms with van der Waals surface area (Å²) in [5.74, 6) is -0.271. The molecule has 0 unspecified atom stereocenters. The summed E-state index contributed by atoms with van der Waals surface area (Å²) in [4.78, 5) is 14.5. The van der Waals surface area contributed by atoms with E-state index in [4.69, 9.17) is 0 Å². The van der Waals surface area contributed by atoms with Crippen LogP contribution in [0.25, 0.3) is 10.8 Å². The second-order valence-electron chi connectivity index (χ2n) is 6.84. The highest BCUT2D eigenvalue weighted by Crippen LogP contribution is 2.27. The molecule has 1 amide bonds. The van der Waals surface area contributed by atoms with Gasteiger partial charge in [0.15, 0.2) is 0 Å². The second kappa shape index (κ2) is 7.54. The van der Waals surface area contributed by atoms with Crippen molar-refractivity contribution in [2.75, 3.05) is 13.1 Å². The van der Waals surface area contributed by atoms with E-state index < -0.39 is 10.0 Å². The van der Waals surface area contributed by atoms with Crippen molar-refractivity contribution >= 4 is 38.0 Å². The summed E-state index contributed by atoms with van der Waals surface area (Å²) in [5.41, 5.74) is 0.274. The molecule has 6 nitrogen and oxygen atoms in total. The fourth-order valence-electron chi connectivity index (χ4n) is 3.46. The summed E-state index contributed by atoms with van der Waals surface area (Å²) >= 11 is 1.18. The predicted octanol–water partition coefficient (Wildman–Crippen LogP) is 3.19. The van der Waals surface area contributed by atoms with Gasteiger partial charge in [-0.05, 0) is 47.2 Å². The maximum Gasteiger partial charge on any atom is 0.257 e. The van der Waals surface area contributed by atoms with Crippen LogP contribution in [0, 0.1) is 0 Å². The minimum Gasteiger partial charge on any atom is -0.507 e. The molecule has 8 heteroatoms. The van der Waals surface area contributed by atoms with E-state index in [1.807, 2.05) is 24.3 Å².